The molecule has 0 saturated carbocycles. The van der Waals surface area contributed by atoms with Crippen LogP contribution >= 0.6 is 0 Å². The Bertz CT molecular complexity index is 355. The molecule has 8 atom stereocenters. The fourth-order valence-corrected chi connectivity index (χ4v) is 2.72. The first kappa shape index (κ1) is 19.0. The highest BCUT2D eigenvalue weighted by atomic mass is 16.7. The van der Waals surface area contributed by atoms with Gasteiger partial charge in [0.2, 0.25) is 0 Å². The van der Waals surface area contributed by atoms with Gasteiger partial charge in [0.25, 0.3) is 0 Å². The summed E-state index contributed by atoms with van der Waals surface area (Å²) in [4.78, 5) is 0. The molecule has 136 valence electrons. The van der Waals surface area contributed by atoms with Crippen molar-refractivity contribution in [3.05, 3.63) is 0 Å². The van der Waals surface area contributed by atoms with Crippen LogP contribution in [0.3, 0.4) is 0 Å². The third kappa shape index (κ3) is 4.81. The van der Waals surface area contributed by atoms with Gasteiger partial charge in [-0.1, -0.05) is 0 Å². The molecule has 0 radical (unpaired) electrons. The Labute approximate surface area is 134 Å². The van der Waals surface area contributed by atoms with Gasteiger partial charge in [-0.3, -0.25) is 0 Å². The number of rotatable bonds is 6. The molecule has 2 heterocycles. The standard InChI is InChI=1S/C14H26O9/c1-2-20-11-3-8(17)14(19)10(23-11)6-21-12-4-7(16)13(18)9(5-15)22-12/h7-19H,2-6H2,1H3/t7?,8-,9?,10?,11+,12?,13?,14+/m1/s1. The number of aliphatic hydroxyl groups excluding tert-OH is 5. The Morgan fingerprint density at radius 2 is 1.39 bits per heavy atom. The summed E-state index contributed by atoms with van der Waals surface area (Å²) in [6.45, 7) is 1.66. The van der Waals surface area contributed by atoms with Crippen molar-refractivity contribution in [3.63, 3.8) is 0 Å². The zero-order valence-electron chi connectivity index (χ0n) is 13.0. The molecule has 2 aliphatic rings. The van der Waals surface area contributed by atoms with Crippen molar-refractivity contribution >= 4 is 0 Å². The van der Waals surface area contributed by atoms with Gasteiger partial charge in [-0.05, 0) is 6.92 Å². The Kier molecular flexibility index (Phi) is 7.14. The highest BCUT2D eigenvalue weighted by Crippen LogP contribution is 2.25. The highest BCUT2D eigenvalue weighted by Gasteiger charge is 2.40. The van der Waals surface area contributed by atoms with Gasteiger partial charge in [0.1, 0.15) is 24.4 Å². The molecule has 0 spiro atoms. The monoisotopic (exact) mass is 338 g/mol. The van der Waals surface area contributed by atoms with Crippen molar-refractivity contribution in [2.45, 2.75) is 69.0 Å². The average Bonchev–Trinajstić information content (AvgIpc) is 2.52. The summed E-state index contributed by atoms with van der Waals surface area (Å²) in [7, 11) is 0. The Balaban J connectivity index is 1.86. The second kappa shape index (κ2) is 8.65. The Morgan fingerprint density at radius 1 is 0.870 bits per heavy atom. The molecule has 2 saturated heterocycles. The van der Waals surface area contributed by atoms with Crippen molar-refractivity contribution in [2.24, 2.45) is 0 Å². The van der Waals surface area contributed by atoms with Crippen LogP contribution in [0.5, 0.6) is 0 Å². The summed E-state index contributed by atoms with van der Waals surface area (Å²) < 4.78 is 21.6. The van der Waals surface area contributed by atoms with Crippen LogP contribution < -0.4 is 0 Å². The topological polar surface area (TPSA) is 138 Å². The second-order valence-electron chi connectivity index (χ2n) is 5.77. The summed E-state index contributed by atoms with van der Waals surface area (Å²) in [5, 5.41) is 48.3. The summed E-state index contributed by atoms with van der Waals surface area (Å²) in [6, 6.07) is 0. The Hall–Kier alpha value is -0.360. The first-order valence-corrected chi connectivity index (χ1v) is 7.83. The number of hydrogen-bond acceptors (Lipinski definition) is 9. The number of ether oxygens (including phenoxy) is 4. The van der Waals surface area contributed by atoms with Crippen molar-refractivity contribution in [3.8, 4) is 0 Å². The van der Waals surface area contributed by atoms with Crippen LogP contribution in [0.25, 0.3) is 0 Å². The van der Waals surface area contributed by atoms with Crippen molar-refractivity contribution < 1.29 is 44.5 Å². The van der Waals surface area contributed by atoms with Crippen LogP contribution in [0.15, 0.2) is 0 Å². The molecule has 0 bridgehead atoms. The fraction of sp³-hybridized carbons (Fsp3) is 1.00. The largest absolute Gasteiger partial charge is 0.394 e. The van der Waals surface area contributed by atoms with Crippen LogP contribution in [0, 0.1) is 0 Å². The van der Waals surface area contributed by atoms with Crippen LogP contribution in [0.2, 0.25) is 0 Å². The number of hydrogen-bond donors (Lipinski definition) is 5. The fourth-order valence-electron chi connectivity index (χ4n) is 2.72. The molecule has 9 nitrogen and oxygen atoms in total. The van der Waals surface area contributed by atoms with Crippen molar-refractivity contribution in [1.29, 1.82) is 0 Å². The lowest BCUT2D eigenvalue weighted by Crippen LogP contribution is -2.53. The van der Waals surface area contributed by atoms with Crippen LogP contribution in [0.1, 0.15) is 19.8 Å². The molecule has 5 unspecified atom stereocenters. The second-order valence-corrected chi connectivity index (χ2v) is 5.77. The highest BCUT2D eigenvalue weighted by molar-refractivity contribution is 4.85. The van der Waals surface area contributed by atoms with E-state index in [1.807, 2.05) is 0 Å². The molecule has 0 aromatic heterocycles. The molecule has 2 fully saturated rings. The van der Waals surface area contributed by atoms with Gasteiger partial charge in [-0.25, -0.2) is 0 Å². The van der Waals surface area contributed by atoms with E-state index >= 15 is 0 Å². The minimum atomic E-state index is -1.18. The molecule has 2 rings (SSSR count). The van der Waals surface area contributed by atoms with Crippen molar-refractivity contribution in [1.82, 2.24) is 0 Å². The third-order valence-corrected chi connectivity index (χ3v) is 4.05. The SMILES string of the molecule is CCO[C@@H]1C[C@@H](O)[C@H](O)C(COC2CC(O)C(O)C(CO)O2)O1. The van der Waals surface area contributed by atoms with Gasteiger partial charge < -0.3 is 44.5 Å². The van der Waals surface area contributed by atoms with E-state index in [4.69, 9.17) is 24.1 Å². The van der Waals surface area contributed by atoms with Crippen LogP contribution in [-0.2, 0) is 18.9 Å². The van der Waals surface area contributed by atoms with Crippen LogP contribution in [0.4, 0.5) is 0 Å². The maximum absolute atomic E-state index is 9.96. The molecule has 0 aromatic rings. The quantitative estimate of drug-likeness (QED) is 0.362. The number of aliphatic hydroxyl groups is 5. The minimum absolute atomic E-state index is 0.0257. The smallest absolute Gasteiger partial charge is 0.160 e. The Morgan fingerprint density at radius 3 is 1.96 bits per heavy atom. The molecule has 5 N–H and O–H groups in total. The van der Waals surface area contributed by atoms with E-state index < -0.39 is 55.8 Å². The molecule has 2 aliphatic heterocycles. The van der Waals surface area contributed by atoms with E-state index in [9.17, 15) is 20.4 Å². The van der Waals surface area contributed by atoms with E-state index in [0.717, 1.165) is 0 Å². The molecular weight excluding hydrogens is 312 g/mol. The first-order valence-electron chi connectivity index (χ1n) is 7.83. The molecular formula is C14H26O9. The molecule has 9 heteroatoms. The molecule has 0 aliphatic carbocycles. The predicted molar refractivity (Wildman–Crippen MR) is 75.2 cm³/mol. The van der Waals surface area contributed by atoms with Crippen LogP contribution in [-0.4, -0.2) is 94.6 Å². The van der Waals surface area contributed by atoms with E-state index in [2.05, 4.69) is 0 Å². The predicted octanol–water partition coefficient (Wildman–Crippen LogP) is -2.29. The van der Waals surface area contributed by atoms with E-state index in [-0.39, 0.29) is 19.4 Å². The summed E-state index contributed by atoms with van der Waals surface area (Å²) >= 11 is 0. The van der Waals surface area contributed by atoms with Crippen molar-refractivity contribution in [2.75, 3.05) is 19.8 Å². The molecule has 0 amide bonds. The zero-order chi connectivity index (χ0) is 17.0. The van der Waals surface area contributed by atoms with Gasteiger partial charge in [0.05, 0.1) is 25.4 Å². The average molecular weight is 338 g/mol. The normalized spacial score (nSPS) is 45.1. The van der Waals surface area contributed by atoms with E-state index in [1.165, 1.54) is 0 Å². The zero-order valence-corrected chi connectivity index (χ0v) is 13.0. The minimum Gasteiger partial charge on any atom is -0.394 e. The molecule has 0 aromatic carbocycles. The van der Waals surface area contributed by atoms with Gasteiger partial charge in [0.15, 0.2) is 12.6 Å². The maximum atomic E-state index is 9.96. The van der Waals surface area contributed by atoms with Gasteiger partial charge >= 0.3 is 0 Å². The van der Waals surface area contributed by atoms with Gasteiger partial charge in [-0.2, -0.15) is 0 Å². The lowest BCUT2D eigenvalue weighted by molar-refractivity contribution is -0.291. The summed E-state index contributed by atoms with van der Waals surface area (Å²) in [5.41, 5.74) is 0. The first-order chi connectivity index (χ1) is 11.0. The maximum Gasteiger partial charge on any atom is 0.160 e. The van der Waals surface area contributed by atoms with Gasteiger partial charge in [0, 0.05) is 19.4 Å². The molecule has 23 heavy (non-hydrogen) atoms. The summed E-state index contributed by atoms with van der Waals surface area (Å²) in [6.07, 6.45) is -7.41. The van der Waals surface area contributed by atoms with Gasteiger partial charge in [-0.15, -0.1) is 0 Å². The summed E-state index contributed by atoms with van der Waals surface area (Å²) in [5.74, 6) is 0. The third-order valence-electron chi connectivity index (χ3n) is 4.05. The van der Waals surface area contributed by atoms with E-state index in [0.29, 0.717) is 6.61 Å². The lowest BCUT2D eigenvalue weighted by atomic mass is 10.0. The lowest BCUT2D eigenvalue weighted by Gasteiger charge is -2.39. The van der Waals surface area contributed by atoms with E-state index in [1.54, 1.807) is 6.92 Å².